The molecule has 0 aromatic carbocycles. The van der Waals surface area contributed by atoms with Crippen LogP contribution in [-0.2, 0) is 4.74 Å². The summed E-state index contributed by atoms with van der Waals surface area (Å²) in [5, 5.41) is 8.61. The maximum Gasteiger partial charge on any atom is 0.112 e. The van der Waals surface area contributed by atoms with E-state index in [1.54, 1.807) is 0 Å². The van der Waals surface area contributed by atoms with Gasteiger partial charge in [0.15, 0.2) is 0 Å². The SMILES string of the molecule is CCOC(CCO)N(C)C. The zero-order valence-electron chi connectivity index (χ0n) is 7.00. The fraction of sp³-hybridized carbons (Fsp3) is 1.00. The minimum absolute atomic E-state index is 0.0648. The summed E-state index contributed by atoms with van der Waals surface area (Å²) in [6, 6.07) is 0. The summed E-state index contributed by atoms with van der Waals surface area (Å²) in [5.74, 6) is 0. The molecule has 62 valence electrons. The second-order valence-corrected chi connectivity index (χ2v) is 2.39. The zero-order valence-corrected chi connectivity index (χ0v) is 7.00. The fourth-order valence-corrected chi connectivity index (χ4v) is 0.793. The number of rotatable bonds is 5. The van der Waals surface area contributed by atoms with Gasteiger partial charge in [0.25, 0.3) is 0 Å². The van der Waals surface area contributed by atoms with Gasteiger partial charge in [0.1, 0.15) is 6.23 Å². The molecule has 3 heteroatoms. The van der Waals surface area contributed by atoms with Crippen molar-refractivity contribution in [2.24, 2.45) is 0 Å². The van der Waals surface area contributed by atoms with E-state index in [0.717, 1.165) is 0 Å². The smallest absolute Gasteiger partial charge is 0.112 e. The average Bonchev–Trinajstić information content (AvgIpc) is 1.87. The van der Waals surface area contributed by atoms with E-state index in [4.69, 9.17) is 9.84 Å². The molecule has 1 unspecified atom stereocenters. The van der Waals surface area contributed by atoms with Crippen molar-refractivity contribution in [3.8, 4) is 0 Å². The molecule has 10 heavy (non-hydrogen) atoms. The summed E-state index contributed by atoms with van der Waals surface area (Å²) in [6.45, 7) is 2.83. The summed E-state index contributed by atoms with van der Waals surface area (Å²) >= 11 is 0. The average molecular weight is 147 g/mol. The van der Waals surface area contributed by atoms with Crippen LogP contribution in [0.25, 0.3) is 0 Å². The molecule has 0 amide bonds. The van der Waals surface area contributed by atoms with Gasteiger partial charge in [0.2, 0.25) is 0 Å². The van der Waals surface area contributed by atoms with Gasteiger partial charge in [0.05, 0.1) is 0 Å². The zero-order chi connectivity index (χ0) is 7.98. The lowest BCUT2D eigenvalue weighted by atomic mass is 10.4. The van der Waals surface area contributed by atoms with Crippen molar-refractivity contribution in [3.63, 3.8) is 0 Å². The van der Waals surface area contributed by atoms with Crippen LogP contribution in [-0.4, -0.2) is 43.5 Å². The van der Waals surface area contributed by atoms with Crippen molar-refractivity contribution in [2.45, 2.75) is 19.6 Å². The van der Waals surface area contributed by atoms with Crippen LogP contribution >= 0.6 is 0 Å². The van der Waals surface area contributed by atoms with Crippen molar-refractivity contribution >= 4 is 0 Å². The molecule has 0 spiro atoms. The highest BCUT2D eigenvalue weighted by molar-refractivity contribution is 4.52. The summed E-state index contributed by atoms with van der Waals surface area (Å²) in [7, 11) is 3.88. The van der Waals surface area contributed by atoms with Crippen LogP contribution < -0.4 is 0 Å². The molecule has 0 aromatic rings. The normalized spacial score (nSPS) is 14.1. The van der Waals surface area contributed by atoms with Gasteiger partial charge in [-0.2, -0.15) is 0 Å². The molecule has 0 aromatic heterocycles. The number of hydrogen-bond donors (Lipinski definition) is 1. The van der Waals surface area contributed by atoms with Crippen LogP contribution in [0.4, 0.5) is 0 Å². The van der Waals surface area contributed by atoms with Crippen LogP contribution in [0.3, 0.4) is 0 Å². The first-order valence-corrected chi connectivity index (χ1v) is 3.61. The van der Waals surface area contributed by atoms with Crippen molar-refractivity contribution < 1.29 is 9.84 Å². The highest BCUT2D eigenvalue weighted by Gasteiger charge is 2.08. The first-order chi connectivity index (χ1) is 4.72. The van der Waals surface area contributed by atoms with Crippen LogP contribution in [0.15, 0.2) is 0 Å². The van der Waals surface area contributed by atoms with E-state index in [0.29, 0.717) is 13.0 Å². The lowest BCUT2D eigenvalue weighted by molar-refractivity contribution is -0.0428. The van der Waals surface area contributed by atoms with Crippen LogP contribution in [0.2, 0.25) is 0 Å². The monoisotopic (exact) mass is 147 g/mol. The van der Waals surface area contributed by atoms with E-state index < -0.39 is 0 Å². The molecule has 0 heterocycles. The molecule has 3 nitrogen and oxygen atoms in total. The summed E-state index contributed by atoms with van der Waals surface area (Å²) in [6.07, 6.45) is 0.746. The van der Waals surface area contributed by atoms with E-state index in [1.807, 2.05) is 25.9 Å². The summed E-state index contributed by atoms with van der Waals surface area (Å²) in [4.78, 5) is 1.96. The third kappa shape index (κ3) is 3.82. The Morgan fingerprint density at radius 3 is 2.40 bits per heavy atom. The second-order valence-electron chi connectivity index (χ2n) is 2.39. The molecule has 0 saturated carbocycles. The maximum absolute atomic E-state index is 8.61. The van der Waals surface area contributed by atoms with E-state index >= 15 is 0 Å². The van der Waals surface area contributed by atoms with E-state index in [9.17, 15) is 0 Å². The molecule has 0 aliphatic rings. The number of ether oxygens (including phenoxy) is 1. The highest BCUT2D eigenvalue weighted by atomic mass is 16.5. The van der Waals surface area contributed by atoms with Crippen LogP contribution in [0, 0.1) is 0 Å². The van der Waals surface area contributed by atoms with Gasteiger partial charge in [-0.1, -0.05) is 0 Å². The van der Waals surface area contributed by atoms with E-state index in [2.05, 4.69) is 0 Å². The Bertz CT molecular complexity index is 70.0. The Morgan fingerprint density at radius 2 is 2.10 bits per heavy atom. The standard InChI is InChI=1S/C7H17NO2/c1-4-10-7(5-6-9)8(2)3/h7,9H,4-6H2,1-3H3. The molecule has 0 rings (SSSR count). The number of hydrogen-bond acceptors (Lipinski definition) is 3. The Kier molecular flexibility index (Phi) is 5.58. The van der Waals surface area contributed by atoms with Gasteiger partial charge in [0, 0.05) is 19.6 Å². The molecule has 0 aliphatic carbocycles. The summed E-state index contributed by atoms with van der Waals surface area (Å²) < 4.78 is 5.31. The molecule has 1 atom stereocenters. The molecule has 1 N–H and O–H groups in total. The van der Waals surface area contributed by atoms with Crippen LogP contribution in [0.1, 0.15) is 13.3 Å². The fourth-order valence-electron chi connectivity index (χ4n) is 0.793. The number of aliphatic hydroxyl groups excluding tert-OH is 1. The van der Waals surface area contributed by atoms with Crippen molar-refractivity contribution in [3.05, 3.63) is 0 Å². The Labute approximate surface area is 62.6 Å². The number of aliphatic hydroxyl groups is 1. The lowest BCUT2D eigenvalue weighted by Gasteiger charge is -2.22. The van der Waals surface area contributed by atoms with Gasteiger partial charge in [-0.05, 0) is 21.0 Å². The lowest BCUT2D eigenvalue weighted by Crippen LogP contribution is -2.31. The number of nitrogens with zero attached hydrogens (tertiary/aromatic N) is 1. The molecule has 0 radical (unpaired) electrons. The van der Waals surface area contributed by atoms with Gasteiger partial charge in [-0.3, -0.25) is 4.90 Å². The minimum atomic E-state index is 0.0648. The largest absolute Gasteiger partial charge is 0.396 e. The van der Waals surface area contributed by atoms with Crippen molar-refractivity contribution in [1.29, 1.82) is 0 Å². The van der Waals surface area contributed by atoms with Gasteiger partial charge in [-0.15, -0.1) is 0 Å². The molecular formula is C7H17NO2. The predicted molar refractivity (Wildman–Crippen MR) is 40.8 cm³/mol. The highest BCUT2D eigenvalue weighted by Crippen LogP contribution is 1.99. The van der Waals surface area contributed by atoms with Gasteiger partial charge < -0.3 is 9.84 Å². The minimum Gasteiger partial charge on any atom is -0.396 e. The van der Waals surface area contributed by atoms with Gasteiger partial charge in [-0.25, -0.2) is 0 Å². The summed E-state index contributed by atoms with van der Waals surface area (Å²) in [5.41, 5.74) is 0. The maximum atomic E-state index is 8.61. The Hall–Kier alpha value is -0.120. The second kappa shape index (κ2) is 5.65. The quantitative estimate of drug-likeness (QED) is 0.567. The predicted octanol–water partition coefficient (Wildman–Crippen LogP) is 0.293. The first-order valence-electron chi connectivity index (χ1n) is 3.61. The first kappa shape index (κ1) is 9.88. The van der Waals surface area contributed by atoms with E-state index in [1.165, 1.54) is 0 Å². The molecular weight excluding hydrogens is 130 g/mol. The third-order valence-electron chi connectivity index (χ3n) is 1.31. The van der Waals surface area contributed by atoms with E-state index in [-0.39, 0.29) is 12.8 Å². The van der Waals surface area contributed by atoms with Crippen molar-refractivity contribution in [2.75, 3.05) is 27.3 Å². The Balaban J connectivity index is 3.50. The molecule has 0 fully saturated rings. The Morgan fingerprint density at radius 1 is 1.50 bits per heavy atom. The molecule has 0 aliphatic heterocycles. The van der Waals surface area contributed by atoms with Crippen LogP contribution in [0.5, 0.6) is 0 Å². The van der Waals surface area contributed by atoms with Crippen molar-refractivity contribution in [1.82, 2.24) is 4.90 Å². The molecule has 0 bridgehead atoms. The third-order valence-corrected chi connectivity index (χ3v) is 1.31. The topological polar surface area (TPSA) is 32.7 Å². The molecule has 0 saturated heterocycles. The van der Waals surface area contributed by atoms with Gasteiger partial charge >= 0.3 is 0 Å².